The number of fused-ring (bicyclic) bond motifs is 1. The van der Waals surface area contributed by atoms with E-state index in [-0.39, 0.29) is 0 Å². The summed E-state index contributed by atoms with van der Waals surface area (Å²) < 4.78 is 0. The largest absolute Gasteiger partial charge is 0.353 e. The molecule has 68 valence electrons. The molecule has 0 radical (unpaired) electrons. The van der Waals surface area contributed by atoms with E-state index < -0.39 is 0 Å². The highest BCUT2D eigenvalue weighted by atomic mass is 35.5. The number of hydrogen-bond donors (Lipinski definition) is 0. The van der Waals surface area contributed by atoms with E-state index in [4.69, 9.17) is 11.6 Å². The van der Waals surface area contributed by atoms with E-state index in [1.807, 2.05) is 12.1 Å². The number of piperidine rings is 1. The minimum absolute atomic E-state index is 0.717. The molecular weight excluding hydrogens is 184 g/mol. The molecule has 1 aliphatic carbocycles. The summed E-state index contributed by atoms with van der Waals surface area (Å²) in [7, 11) is 0. The molecule has 2 heterocycles. The molecule has 0 amide bonds. The van der Waals surface area contributed by atoms with Gasteiger partial charge in [-0.1, -0.05) is 11.6 Å². The first kappa shape index (κ1) is 7.63. The van der Waals surface area contributed by atoms with Crippen LogP contribution < -0.4 is 4.90 Å². The van der Waals surface area contributed by atoms with Crippen molar-refractivity contribution in [3.8, 4) is 0 Å². The molecule has 3 heteroatoms. The molecule has 3 rings (SSSR count). The van der Waals surface area contributed by atoms with Crippen molar-refractivity contribution < 1.29 is 0 Å². The lowest BCUT2D eigenvalue weighted by Gasteiger charge is -2.56. The maximum atomic E-state index is 5.78. The highest BCUT2D eigenvalue weighted by molar-refractivity contribution is 6.30. The third kappa shape index (κ3) is 1.05. The van der Waals surface area contributed by atoms with Crippen LogP contribution in [-0.4, -0.2) is 17.6 Å². The predicted molar refractivity (Wildman–Crippen MR) is 53.1 cm³/mol. The van der Waals surface area contributed by atoms with E-state index in [1.165, 1.54) is 19.4 Å². The number of pyridine rings is 1. The van der Waals surface area contributed by atoms with Crippen molar-refractivity contribution in [2.75, 3.05) is 11.4 Å². The Balaban J connectivity index is 1.81. The van der Waals surface area contributed by atoms with Crippen LogP contribution in [-0.2, 0) is 0 Å². The molecule has 0 spiro atoms. The van der Waals surface area contributed by atoms with Crippen LogP contribution in [0.25, 0.3) is 0 Å². The van der Waals surface area contributed by atoms with Gasteiger partial charge in [0.15, 0.2) is 0 Å². The van der Waals surface area contributed by atoms with E-state index >= 15 is 0 Å². The van der Waals surface area contributed by atoms with Crippen LogP contribution in [0.3, 0.4) is 0 Å². The van der Waals surface area contributed by atoms with Gasteiger partial charge in [-0.3, -0.25) is 0 Å². The molecular formula is C10H11ClN2. The van der Waals surface area contributed by atoms with Crippen LogP contribution in [0.2, 0.25) is 5.02 Å². The molecule has 2 aliphatic rings. The van der Waals surface area contributed by atoms with Gasteiger partial charge >= 0.3 is 0 Å². The van der Waals surface area contributed by atoms with E-state index in [0.29, 0.717) is 0 Å². The molecule has 2 fully saturated rings. The number of rotatable bonds is 1. The van der Waals surface area contributed by atoms with Gasteiger partial charge in [-0.15, -0.1) is 0 Å². The third-order valence-corrected chi connectivity index (χ3v) is 3.44. The maximum absolute atomic E-state index is 5.78. The van der Waals surface area contributed by atoms with Crippen molar-refractivity contribution in [2.45, 2.75) is 18.9 Å². The van der Waals surface area contributed by atoms with Crippen LogP contribution in [0.5, 0.6) is 0 Å². The van der Waals surface area contributed by atoms with Crippen LogP contribution in [0.1, 0.15) is 12.8 Å². The minimum Gasteiger partial charge on any atom is -0.353 e. The molecule has 1 aromatic rings. The van der Waals surface area contributed by atoms with Crippen LogP contribution in [0.15, 0.2) is 18.3 Å². The fourth-order valence-corrected chi connectivity index (χ4v) is 2.34. The van der Waals surface area contributed by atoms with Gasteiger partial charge < -0.3 is 4.90 Å². The first-order valence-corrected chi connectivity index (χ1v) is 5.10. The lowest BCUT2D eigenvalue weighted by molar-refractivity contribution is 0.158. The third-order valence-electron chi connectivity index (χ3n) is 3.21. The molecule has 0 bridgehead atoms. The number of aromatic nitrogens is 1. The van der Waals surface area contributed by atoms with Crippen molar-refractivity contribution in [3.05, 3.63) is 23.4 Å². The second-order valence-corrected chi connectivity index (χ2v) is 4.33. The summed E-state index contributed by atoms with van der Waals surface area (Å²) in [6.45, 7) is 1.19. The van der Waals surface area contributed by atoms with Crippen molar-refractivity contribution in [1.82, 2.24) is 4.98 Å². The fourth-order valence-electron chi connectivity index (χ4n) is 2.23. The Kier molecular flexibility index (Phi) is 1.53. The highest BCUT2D eigenvalue weighted by Crippen LogP contribution is 2.43. The topological polar surface area (TPSA) is 16.1 Å². The molecule has 13 heavy (non-hydrogen) atoms. The molecule has 2 atom stereocenters. The molecule has 1 saturated heterocycles. The number of halogens is 1. The van der Waals surface area contributed by atoms with Crippen molar-refractivity contribution >= 4 is 17.4 Å². The van der Waals surface area contributed by atoms with Crippen molar-refractivity contribution in [2.24, 2.45) is 5.92 Å². The summed E-state index contributed by atoms with van der Waals surface area (Å²) in [5.41, 5.74) is 0. The Morgan fingerprint density at radius 3 is 2.77 bits per heavy atom. The average molecular weight is 195 g/mol. The standard InChI is InChI=1S/C10H11ClN2/c11-8-2-4-10(12-5-8)13-6-7-1-3-9(7)13/h2,4-5,7,9H,1,3,6H2. The minimum atomic E-state index is 0.717. The van der Waals surface area contributed by atoms with Gasteiger partial charge in [-0.25, -0.2) is 4.98 Å². The first-order chi connectivity index (χ1) is 6.34. The van der Waals surface area contributed by atoms with Gasteiger partial charge in [0.25, 0.3) is 0 Å². The molecule has 2 nitrogen and oxygen atoms in total. The number of anilines is 1. The number of hydrogen-bond acceptors (Lipinski definition) is 2. The summed E-state index contributed by atoms with van der Waals surface area (Å²) in [6, 6.07) is 4.71. The Hall–Kier alpha value is -0.760. The smallest absolute Gasteiger partial charge is 0.128 e. The summed E-state index contributed by atoms with van der Waals surface area (Å²) in [5.74, 6) is 2.04. The van der Waals surface area contributed by atoms with E-state index in [0.717, 1.165) is 22.8 Å². The monoisotopic (exact) mass is 194 g/mol. The molecule has 0 N–H and O–H groups in total. The lowest BCUT2D eigenvalue weighted by Crippen LogP contribution is -2.62. The number of nitrogens with zero attached hydrogens (tertiary/aromatic N) is 2. The molecule has 1 saturated carbocycles. The van der Waals surface area contributed by atoms with Gasteiger partial charge in [0.2, 0.25) is 0 Å². The van der Waals surface area contributed by atoms with Crippen molar-refractivity contribution in [3.63, 3.8) is 0 Å². The summed E-state index contributed by atoms with van der Waals surface area (Å²) >= 11 is 5.78. The molecule has 0 aromatic carbocycles. The predicted octanol–water partition coefficient (Wildman–Crippen LogP) is 2.33. The van der Waals surface area contributed by atoms with Gasteiger partial charge in [0.05, 0.1) is 5.02 Å². The summed E-state index contributed by atoms with van der Waals surface area (Å²) in [6.07, 6.45) is 4.48. The molecule has 2 unspecified atom stereocenters. The van der Waals surface area contributed by atoms with Crippen LogP contribution in [0.4, 0.5) is 5.82 Å². The van der Waals surface area contributed by atoms with Crippen molar-refractivity contribution in [1.29, 1.82) is 0 Å². The van der Waals surface area contributed by atoms with E-state index in [2.05, 4.69) is 9.88 Å². The second kappa shape index (κ2) is 2.61. The van der Waals surface area contributed by atoms with Gasteiger partial charge in [-0.05, 0) is 30.9 Å². The second-order valence-electron chi connectivity index (χ2n) is 3.89. The van der Waals surface area contributed by atoms with Crippen LogP contribution >= 0.6 is 11.6 Å². The molecule has 1 aliphatic heterocycles. The van der Waals surface area contributed by atoms with Gasteiger partial charge in [0, 0.05) is 18.8 Å². The van der Waals surface area contributed by atoms with Crippen LogP contribution in [0, 0.1) is 5.92 Å². The Morgan fingerprint density at radius 2 is 2.31 bits per heavy atom. The summed E-state index contributed by atoms with van der Waals surface area (Å²) in [5, 5.41) is 0.717. The Bertz CT molecular complexity index is 322. The SMILES string of the molecule is Clc1ccc(N2CC3CCC32)nc1. The van der Waals surface area contributed by atoms with Gasteiger partial charge in [-0.2, -0.15) is 0 Å². The molecule has 1 aromatic heterocycles. The average Bonchev–Trinajstić information content (AvgIpc) is 2.12. The van der Waals surface area contributed by atoms with E-state index in [1.54, 1.807) is 6.20 Å². The zero-order chi connectivity index (χ0) is 8.84. The Labute approximate surface area is 82.5 Å². The Morgan fingerprint density at radius 1 is 1.38 bits per heavy atom. The fraction of sp³-hybridized carbons (Fsp3) is 0.500. The zero-order valence-electron chi connectivity index (χ0n) is 7.28. The quantitative estimate of drug-likeness (QED) is 0.682. The normalized spacial score (nSPS) is 30.4. The highest BCUT2D eigenvalue weighted by Gasteiger charge is 2.45. The maximum Gasteiger partial charge on any atom is 0.128 e. The first-order valence-electron chi connectivity index (χ1n) is 4.73. The lowest BCUT2D eigenvalue weighted by atomic mass is 9.71. The summed E-state index contributed by atoms with van der Waals surface area (Å²) in [4.78, 5) is 6.69. The van der Waals surface area contributed by atoms with Gasteiger partial charge in [0.1, 0.15) is 5.82 Å². The van der Waals surface area contributed by atoms with E-state index in [9.17, 15) is 0 Å². The zero-order valence-corrected chi connectivity index (χ0v) is 8.04.